The molecule has 0 aliphatic carbocycles. The van der Waals surface area contributed by atoms with Gasteiger partial charge in [-0.2, -0.15) is 0 Å². The standard InChI is InChI=1S/C37H36N4O5/c1-37-35(45-5)24(38-2)17-29(46-37)40-25-12-8-6-10-21(25)31-32-23(30-22-11-7-9-13-26(22)41(37)34(30)33(31)40)19-39(36(32)42)18-20-14-15-27(43-3)28(16-20)44-4/h6-16,24,29,35,38H,17-19H2,1-5H3/t24-,29-,35-,37+/m1/s1. The summed E-state index contributed by atoms with van der Waals surface area (Å²) in [5, 5.41) is 7.83. The van der Waals surface area contributed by atoms with Crippen LogP contribution in [0.3, 0.4) is 0 Å². The molecular formula is C37H36N4O5. The number of likely N-dealkylation sites (N-methyl/N-ethyl adjacent to an activating group) is 1. The molecule has 0 radical (unpaired) electrons. The minimum absolute atomic E-state index is 0.0358. The minimum Gasteiger partial charge on any atom is -0.493 e. The van der Waals surface area contributed by atoms with Crippen molar-refractivity contribution in [2.24, 2.45) is 0 Å². The molecule has 4 atom stereocenters. The molecule has 9 rings (SSSR count). The second-order valence-corrected chi connectivity index (χ2v) is 12.8. The van der Waals surface area contributed by atoms with Gasteiger partial charge < -0.3 is 38.3 Å². The van der Waals surface area contributed by atoms with Crippen LogP contribution in [0.25, 0.3) is 43.6 Å². The molecule has 234 valence electrons. The van der Waals surface area contributed by atoms with Crippen LogP contribution in [0.4, 0.5) is 0 Å². The summed E-state index contributed by atoms with van der Waals surface area (Å²) in [6.45, 7) is 3.11. The zero-order valence-corrected chi connectivity index (χ0v) is 26.6. The Labute approximate surface area is 266 Å². The highest BCUT2D eigenvalue weighted by molar-refractivity contribution is 6.31. The summed E-state index contributed by atoms with van der Waals surface area (Å²) in [5.41, 5.74) is 6.28. The van der Waals surface area contributed by atoms with Crippen LogP contribution < -0.4 is 14.8 Å². The number of hydrogen-bond acceptors (Lipinski definition) is 6. The average Bonchev–Trinajstić information content (AvgIpc) is 3.70. The van der Waals surface area contributed by atoms with Crippen molar-refractivity contribution in [3.63, 3.8) is 0 Å². The number of benzene rings is 4. The molecular weight excluding hydrogens is 580 g/mol. The zero-order valence-electron chi connectivity index (χ0n) is 26.6. The molecule has 3 aliphatic rings. The maximum absolute atomic E-state index is 14.7. The Kier molecular flexibility index (Phi) is 5.85. The second kappa shape index (κ2) is 9.72. The third kappa shape index (κ3) is 3.37. The van der Waals surface area contributed by atoms with Crippen LogP contribution in [0, 0.1) is 0 Å². The quantitative estimate of drug-likeness (QED) is 0.237. The van der Waals surface area contributed by atoms with Crippen molar-refractivity contribution < 1.29 is 23.7 Å². The fourth-order valence-electron chi connectivity index (χ4n) is 8.79. The van der Waals surface area contributed by atoms with E-state index in [0.29, 0.717) is 24.6 Å². The van der Waals surface area contributed by atoms with E-state index < -0.39 is 5.72 Å². The molecule has 46 heavy (non-hydrogen) atoms. The van der Waals surface area contributed by atoms with Crippen molar-refractivity contribution in [1.29, 1.82) is 0 Å². The van der Waals surface area contributed by atoms with Gasteiger partial charge in [0, 0.05) is 54.2 Å². The van der Waals surface area contributed by atoms with Crippen molar-refractivity contribution in [1.82, 2.24) is 19.4 Å². The number of methoxy groups -OCH3 is 3. The number of carbonyl (C=O) groups excluding carboxylic acids is 1. The Hall–Kier alpha value is -4.57. The summed E-state index contributed by atoms with van der Waals surface area (Å²) in [6, 6.07) is 22.9. The smallest absolute Gasteiger partial charge is 0.255 e. The van der Waals surface area contributed by atoms with Gasteiger partial charge in [0.25, 0.3) is 5.91 Å². The molecule has 2 bridgehead atoms. The summed E-state index contributed by atoms with van der Waals surface area (Å²) >= 11 is 0. The molecule has 0 unspecified atom stereocenters. The molecule has 3 aliphatic heterocycles. The predicted octanol–water partition coefficient (Wildman–Crippen LogP) is 6.28. The lowest BCUT2D eigenvalue weighted by atomic mass is 9.93. The maximum Gasteiger partial charge on any atom is 0.255 e. The number of fused-ring (bicyclic) bond motifs is 13. The first kappa shape index (κ1) is 27.7. The van der Waals surface area contributed by atoms with Gasteiger partial charge in [-0.1, -0.05) is 42.5 Å². The van der Waals surface area contributed by atoms with Crippen LogP contribution in [-0.2, 0) is 28.3 Å². The van der Waals surface area contributed by atoms with Crippen LogP contribution in [0.5, 0.6) is 11.5 Å². The molecule has 4 aromatic carbocycles. The van der Waals surface area contributed by atoms with E-state index in [2.05, 4.69) is 69.9 Å². The summed E-state index contributed by atoms with van der Waals surface area (Å²) in [4.78, 5) is 16.7. The number of para-hydroxylation sites is 2. The first-order valence-electron chi connectivity index (χ1n) is 15.8. The number of carbonyl (C=O) groups is 1. The Morgan fingerprint density at radius 1 is 0.913 bits per heavy atom. The number of aromatic nitrogens is 2. The maximum atomic E-state index is 14.7. The molecule has 2 aromatic heterocycles. The molecule has 0 spiro atoms. The highest BCUT2D eigenvalue weighted by Gasteiger charge is 2.53. The lowest BCUT2D eigenvalue weighted by Crippen LogP contribution is -2.59. The number of nitrogens with zero attached hydrogens (tertiary/aromatic N) is 3. The Morgan fingerprint density at radius 3 is 2.35 bits per heavy atom. The van der Waals surface area contributed by atoms with Crippen LogP contribution in [0.1, 0.15) is 41.1 Å². The normalized spacial score (nSPS) is 23.6. The third-order valence-electron chi connectivity index (χ3n) is 10.6. The van der Waals surface area contributed by atoms with Gasteiger partial charge in [-0.3, -0.25) is 4.79 Å². The number of ether oxygens (including phenoxy) is 4. The summed E-state index contributed by atoms with van der Waals surface area (Å²) in [6.07, 6.45) is 0.199. The highest BCUT2D eigenvalue weighted by Crippen LogP contribution is 2.54. The van der Waals surface area contributed by atoms with Gasteiger partial charge in [0.1, 0.15) is 12.3 Å². The van der Waals surface area contributed by atoms with Gasteiger partial charge in [0.15, 0.2) is 17.2 Å². The van der Waals surface area contributed by atoms with Gasteiger partial charge in [-0.15, -0.1) is 0 Å². The van der Waals surface area contributed by atoms with Crippen LogP contribution in [-0.4, -0.2) is 60.5 Å². The zero-order chi connectivity index (χ0) is 31.5. The molecule has 6 aromatic rings. The Bertz CT molecular complexity index is 2250. The number of rotatable bonds is 6. The van der Waals surface area contributed by atoms with Crippen molar-refractivity contribution in [3.05, 3.63) is 83.4 Å². The minimum atomic E-state index is -0.823. The summed E-state index contributed by atoms with van der Waals surface area (Å²) < 4.78 is 29.3. The number of nitrogens with one attached hydrogen (secondary N) is 1. The van der Waals surface area contributed by atoms with E-state index in [-0.39, 0.29) is 24.3 Å². The van der Waals surface area contributed by atoms with E-state index in [1.54, 1.807) is 21.3 Å². The Morgan fingerprint density at radius 2 is 1.63 bits per heavy atom. The third-order valence-corrected chi connectivity index (χ3v) is 10.6. The van der Waals surface area contributed by atoms with Crippen LogP contribution >= 0.6 is 0 Å². The van der Waals surface area contributed by atoms with Crippen LogP contribution in [0.2, 0.25) is 0 Å². The molecule has 0 saturated carbocycles. The van der Waals surface area contributed by atoms with E-state index in [1.807, 2.05) is 30.1 Å². The fraction of sp³-hybridized carbons (Fsp3) is 0.324. The fourth-order valence-corrected chi connectivity index (χ4v) is 8.79. The van der Waals surface area contributed by atoms with E-state index in [9.17, 15) is 4.79 Å². The largest absolute Gasteiger partial charge is 0.493 e. The van der Waals surface area contributed by atoms with E-state index in [4.69, 9.17) is 18.9 Å². The topological polar surface area (TPSA) is 79.1 Å². The first-order valence-corrected chi connectivity index (χ1v) is 15.8. The first-order chi connectivity index (χ1) is 22.4. The molecule has 9 nitrogen and oxygen atoms in total. The second-order valence-electron chi connectivity index (χ2n) is 12.8. The lowest BCUT2D eigenvalue weighted by Gasteiger charge is -2.48. The van der Waals surface area contributed by atoms with Gasteiger partial charge in [0.05, 0.1) is 41.8 Å². The Balaban J connectivity index is 1.38. The summed E-state index contributed by atoms with van der Waals surface area (Å²) in [5.74, 6) is 1.35. The van der Waals surface area contributed by atoms with E-state index >= 15 is 0 Å². The van der Waals surface area contributed by atoms with E-state index in [1.165, 1.54) is 0 Å². The highest BCUT2D eigenvalue weighted by atomic mass is 16.6. The van der Waals surface area contributed by atoms with Gasteiger partial charge in [-0.25, -0.2) is 0 Å². The lowest BCUT2D eigenvalue weighted by molar-refractivity contribution is -0.256. The van der Waals surface area contributed by atoms with Crippen molar-refractivity contribution in [2.75, 3.05) is 28.4 Å². The number of hydrogen-bond donors (Lipinski definition) is 1. The van der Waals surface area contributed by atoms with E-state index in [0.717, 1.165) is 66.7 Å². The van der Waals surface area contributed by atoms with Crippen molar-refractivity contribution in [2.45, 2.75) is 50.5 Å². The molecule has 1 N–H and O–H groups in total. The van der Waals surface area contributed by atoms with Gasteiger partial charge >= 0.3 is 0 Å². The van der Waals surface area contributed by atoms with Crippen molar-refractivity contribution in [3.8, 4) is 11.5 Å². The predicted molar refractivity (Wildman–Crippen MR) is 178 cm³/mol. The molecule has 1 saturated heterocycles. The van der Waals surface area contributed by atoms with Gasteiger partial charge in [-0.05, 0) is 49.4 Å². The van der Waals surface area contributed by atoms with Crippen LogP contribution in [0.15, 0.2) is 66.7 Å². The monoisotopic (exact) mass is 616 g/mol. The molecule has 1 amide bonds. The molecule has 5 heterocycles. The molecule has 1 fully saturated rings. The average molecular weight is 617 g/mol. The molecule has 9 heteroatoms. The summed E-state index contributed by atoms with van der Waals surface area (Å²) in [7, 11) is 7.03. The number of amides is 1. The van der Waals surface area contributed by atoms with Gasteiger partial charge in [0.2, 0.25) is 0 Å². The van der Waals surface area contributed by atoms with Crippen molar-refractivity contribution >= 4 is 49.5 Å². The SMILES string of the molecule is CN[C@@H]1C[C@H]2O[C@@](C)([C@@H]1OC)n1c3ccccc3c3c4c(c5c6ccccc6n2c5c31)C(=O)N(Cc1ccc(OC)c(OC)c1)C4.